The van der Waals surface area contributed by atoms with E-state index in [1.165, 1.54) is 12.1 Å². The van der Waals surface area contributed by atoms with E-state index in [4.69, 9.17) is 10.4 Å². The Hall–Kier alpha value is -2.20. The van der Waals surface area contributed by atoms with Gasteiger partial charge in [-0.3, -0.25) is 0 Å². The summed E-state index contributed by atoms with van der Waals surface area (Å²) in [4.78, 5) is 10.6. The summed E-state index contributed by atoms with van der Waals surface area (Å²) in [6.07, 6.45) is -1.51. The monoisotopic (exact) mass is 271 g/mol. The second kappa shape index (κ2) is 6.66. The minimum atomic E-state index is -3.07. The Balaban J connectivity index is 3.07. The van der Waals surface area contributed by atoms with Crippen LogP contribution >= 0.6 is 0 Å². The van der Waals surface area contributed by atoms with Crippen LogP contribution in [0.1, 0.15) is 23.7 Å². The summed E-state index contributed by atoms with van der Waals surface area (Å²) in [5.41, 5.74) is 0.284. The number of benzene rings is 1. The highest BCUT2D eigenvalue weighted by molar-refractivity contribution is 5.74. The van der Waals surface area contributed by atoms with Gasteiger partial charge in [-0.05, 0) is 23.6 Å². The van der Waals surface area contributed by atoms with Crippen molar-refractivity contribution in [1.82, 2.24) is 0 Å². The number of alkyl halides is 2. The third-order valence-electron chi connectivity index (χ3n) is 2.36. The van der Waals surface area contributed by atoms with Crippen LogP contribution in [-0.2, 0) is 11.2 Å². The number of hydrogen-bond acceptors (Lipinski definition) is 4. The van der Waals surface area contributed by atoms with E-state index < -0.39 is 18.7 Å². The first-order valence-corrected chi connectivity index (χ1v) is 5.31. The minimum Gasteiger partial charge on any atom is -0.479 e. The van der Waals surface area contributed by atoms with E-state index in [1.54, 1.807) is 0 Å². The van der Waals surface area contributed by atoms with Crippen LogP contribution in [0.15, 0.2) is 18.2 Å². The van der Waals surface area contributed by atoms with E-state index in [0.29, 0.717) is 5.56 Å². The zero-order chi connectivity index (χ0) is 14.4. The van der Waals surface area contributed by atoms with Gasteiger partial charge >= 0.3 is 12.6 Å². The maximum atomic E-state index is 12.2. The number of aryl methyl sites for hydroxylation is 1. The van der Waals surface area contributed by atoms with Crippen LogP contribution in [0.25, 0.3) is 0 Å². The first-order valence-electron chi connectivity index (χ1n) is 5.31. The van der Waals surface area contributed by atoms with Crippen molar-refractivity contribution in [2.24, 2.45) is 0 Å². The van der Waals surface area contributed by atoms with Gasteiger partial charge in [0.25, 0.3) is 0 Å². The fourth-order valence-electron chi connectivity index (χ4n) is 1.49. The molecule has 2 N–H and O–H groups in total. The van der Waals surface area contributed by atoms with Crippen LogP contribution < -0.4 is 4.74 Å². The predicted octanol–water partition coefficient (Wildman–Crippen LogP) is 1.86. The summed E-state index contributed by atoms with van der Waals surface area (Å²) >= 11 is 0. The van der Waals surface area contributed by atoms with Crippen molar-refractivity contribution in [3.63, 3.8) is 0 Å². The van der Waals surface area contributed by atoms with Crippen LogP contribution in [0, 0.1) is 11.3 Å². The van der Waals surface area contributed by atoms with Gasteiger partial charge in [0.15, 0.2) is 6.10 Å². The quantitative estimate of drug-likeness (QED) is 0.824. The molecule has 1 aromatic carbocycles. The van der Waals surface area contributed by atoms with Crippen molar-refractivity contribution in [2.75, 3.05) is 0 Å². The summed E-state index contributed by atoms with van der Waals surface area (Å²) in [5.74, 6) is -1.73. The number of aliphatic hydroxyl groups excluding tert-OH is 1. The first kappa shape index (κ1) is 14.9. The number of ether oxygens (including phenoxy) is 1. The average Bonchev–Trinajstić information content (AvgIpc) is 2.35. The molecule has 1 unspecified atom stereocenters. The van der Waals surface area contributed by atoms with Crippen molar-refractivity contribution in [3.8, 4) is 11.8 Å². The molecule has 0 radical (unpaired) electrons. The van der Waals surface area contributed by atoms with Crippen LogP contribution in [0.2, 0.25) is 0 Å². The van der Waals surface area contributed by atoms with Crippen molar-refractivity contribution in [1.29, 1.82) is 5.26 Å². The summed E-state index contributed by atoms with van der Waals surface area (Å²) in [5, 5.41) is 26.4. The standard InChI is InChI=1S/C12H11F2NO4/c13-12(14)19-9-6-8(10(16)11(17)18)4-3-7(9)2-1-5-15/h3-4,6,10,12,16H,1-2H2,(H,17,18). The number of nitriles is 1. The third-order valence-corrected chi connectivity index (χ3v) is 2.36. The Morgan fingerprint density at radius 3 is 2.68 bits per heavy atom. The second-order valence-electron chi connectivity index (χ2n) is 3.64. The summed E-state index contributed by atoms with van der Waals surface area (Å²) in [6.45, 7) is -3.07. The van der Waals surface area contributed by atoms with Crippen molar-refractivity contribution >= 4 is 5.97 Å². The molecule has 1 atom stereocenters. The molecule has 102 valence electrons. The van der Waals surface area contributed by atoms with Crippen molar-refractivity contribution in [2.45, 2.75) is 25.6 Å². The van der Waals surface area contributed by atoms with Gasteiger partial charge in [0.2, 0.25) is 0 Å². The average molecular weight is 271 g/mol. The van der Waals surface area contributed by atoms with Crippen LogP contribution in [0.3, 0.4) is 0 Å². The van der Waals surface area contributed by atoms with E-state index in [2.05, 4.69) is 4.74 Å². The number of aliphatic carboxylic acids is 1. The lowest BCUT2D eigenvalue weighted by atomic mass is 10.0. The van der Waals surface area contributed by atoms with Gasteiger partial charge in [0, 0.05) is 6.42 Å². The number of carbonyl (C=O) groups is 1. The number of carboxylic acid groups (broad SMARTS) is 1. The Kier molecular flexibility index (Phi) is 5.21. The number of nitrogens with zero attached hydrogens (tertiary/aromatic N) is 1. The molecule has 0 saturated heterocycles. The molecular formula is C12H11F2NO4. The molecule has 0 spiro atoms. The van der Waals surface area contributed by atoms with Gasteiger partial charge in [-0.15, -0.1) is 0 Å². The number of halogens is 2. The molecule has 7 heteroatoms. The van der Waals surface area contributed by atoms with E-state index in [0.717, 1.165) is 6.07 Å². The van der Waals surface area contributed by atoms with E-state index >= 15 is 0 Å². The maximum Gasteiger partial charge on any atom is 0.387 e. The van der Waals surface area contributed by atoms with Crippen molar-refractivity contribution in [3.05, 3.63) is 29.3 Å². The van der Waals surface area contributed by atoms with Crippen LogP contribution in [0.4, 0.5) is 8.78 Å². The molecule has 0 bridgehead atoms. The normalized spacial score (nSPS) is 11.9. The van der Waals surface area contributed by atoms with Gasteiger partial charge in [0.05, 0.1) is 6.07 Å². The fourth-order valence-corrected chi connectivity index (χ4v) is 1.49. The SMILES string of the molecule is N#CCCc1ccc(C(O)C(=O)O)cc1OC(F)F. The lowest BCUT2D eigenvalue weighted by Gasteiger charge is -2.13. The molecule has 1 rings (SSSR count). The first-order chi connectivity index (χ1) is 8.95. The molecule has 1 aromatic rings. The zero-order valence-corrected chi connectivity index (χ0v) is 9.72. The van der Waals surface area contributed by atoms with Gasteiger partial charge in [0.1, 0.15) is 5.75 Å². The fraction of sp³-hybridized carbons (Fsp3) is 0.333. The number of rotatable bonds is 6. The summed E-state index contributed by atoms with van der Waals surface area (Å²) in [6, 6.07) is 5.56. The number of aliphatic hydroxyl groups is 1. The zero-order valence-electron chi connectivity index (χ0n) is 9.72. The van der Waals surface area contributed by atoms with Crippen molar-refractivity contribution < 1.29 is 28.5 Å². The molecule has 0 aliphatic carbocycles. The Bertz CT molecular complexity index is 499. The number of hydrogen-bond donors (Lipinski definition) is 2. The molecule has 0 aliphatic heterocycles. The Morgan fingerprint density at radius 2 is 2.16 bits per heavy atom. The highest BCUT2D eigenvalue weighted by Crippen LogP contribution is 2.26. The lowest BCUT2D eigenvalue weighted by molar-refractivity contribution is -0.146. The molecule has 0 fully saturated rings. The summed E-state index contributed by atoms with van der Waals surface area (Å²) < 4.78 is 28.8. The topological polar surface area (TPSA) is 90.5 Å². The lowest BCUT2D eigenvalue weighted by Crippen LogP contribution is -2.12. The van der Waals surface area contributed by atoms with E-state index in [1.807, 2.05) is 6.07 Å². The van der Waals surface area contributed by atoms with E-state index in [-0.39, 0.29) is 24.2 Å². The molecule has 0 aromatic heterocycles. The molecule has 0 amide bonds. The third kappa shape index (κ3) is 4.19. The molecule has 0 heterocycles. The van der Waals surface area contributed by atoms with Gasteiger partial charge in [-0.1, -0.05) is 12.1 Å². The molecular weight excluding hydrogens is 260 g/mol. The van der Waals surface area contributed by atoms with E-state index in [9.17, 15) is 18.7 Å². The summed E-state index contributed by atoms with van der Waals surface area (Å²) in [7, 11) is 0. The van der Waals surface area contributed by atoms with Gasteiger partial charge < -0.3 is 14.9 Å². The smallest absolute Gasteiger partial charge is 0.387 e. The molecule has 0 saturated carbocycles. The minimum absolute atomic E-state index is 0.0659. The van der Waals surface area contributed by atoms with Crippen LogP contribution in [-0.4, -0.2) is 22.8 Å². The molecule has 5 nitrogen and oxygen atoms in total. The predicted molar refractivity (Wildman–Crippen MR) is 59.6 cm³/mol. The Morgan fingerprint density at radius 1 is 1.47 bits per heavy atom. The molecule has 0 aliphatic rings. The highest BCUT2D eigenvalue weighted by atomic mass is 19.3. The number of carboxylic acids is 1. The Labute approximate surface area is 107 Å². The largest absolute Gasteiger partial charge is 0.479 e. The van der Waals surface area contributed by atoms with Crippen LogP contribution in [0.5, 0.6) is 5.75 Å². The maximum absolute atomic E-state index is 12.2. The van der Waals surface area contributed by atoms with Gasteiger partial charge in [-0.25, -0.2) is 4.79 Å². The highest BCUT2D eigenvalue weighted by Gasteiger charge is 2.19. The molecule has 19 heavy (non-hydrogen) atoms. The van der Waals surface area contributed by atoms with Gasteiger partial charge in [-0.2, -0.15) is 14.0 Å². The second-order valence-corrected chi connectivity index (χ2v) is 3.64.